The number of hydrogen-bond donors (Lipinski definition) is 1. The van der Waals surface area contributed by atoms with Crippen LogP contribution in [-0.4, -0.2) is 31.6 Å². The number of nitrogens with zero attached hydrogens (tertiary/aromatic N) is 1. The fourth-order valence-corrected chi connectivity index (χ4v) is 2.62. The highest BCUT2D eigenvalue weighted by atomic mass is 35.5. The second kappa shape index (κ2) is 7.13. The number of rotatable bonds is 5. The van der Waals surface area contributed by atoms with Crippen molar-refractivity contribution in [2.45, 2.75) is 25.8 Å². The minimum absolute atomic E-state index is 0.810. The summed E-state index contributed by atoms with van der Waals surface area (Å²) in [6.07, 6.45) is 4.03. The molecule has 0 atom stereocenters. The first-order valence-corrected chi connectivity index (χ1v) is 7.25. The quantitative estimate of drug-likeness (QED) is 0.824. The Balaban J connectivity index is 1.60. The van der Waals surface area contributed by atoms with Crippen molar-refractivity contribution in [2.75, 3.05) is 26.7 Å². The molecule has 0 unspecified atom stereocenters. The van der Waals surface area contributed by atoms with E-state index in [9.17, 15) is 0 Å². The van der Waals surface area contributed by atoms with Gasteiger partial charge >= 0.3 is 0 Å². The second-order valence-corrected chi connectivity index (χ2v) is 5.78. The summed E-state index contributed by atoms with van der Waals surface area (Å²) in [5.74, 6) is 0.916. The fraction of sp³-hybridized carbons (Fsp3) is 0.600. The molecule has 1 heterocycles. The van der Waals surface area contributed by atoms with Crippen LogP contribution in [0.4, 0.5) is 0 Å². The summed E-state index contributed by atoms with van der Waals surface area (Å²) >= 11 is 5.86. The minimum Gasteiger partial charge on any atom is -0.313 e. The van der Waals surface area contributed by atoms with Gasteiger partial charge in [-0.1, -0.05) is 23.7 Å². The Hall–Kier alpha value is -0.570. The van der Waals surface area contributed by atoms with E-state index in [4.69, 9.17) is 11.6 Å². The van der Waals surface area contributed by atoms with Crippen molar-refractivity contribution < 1.29 is 0 Å². The van der Waals surface area contributed by atoms with Gasteiger partial charge in [0.15, 0.2) is 0 Å². The van der Waals surface area contributed by atoms with Crippen LogP contribution >= 0.6 is 11.6 Å². The molecular weight excluding hydrogens is 244 g/mol. The van der Waals surface area contributed by atoms with Crippen LogP contribution in [-0.2, 0) is 6.54 Å². The van der Waals surface area contributed by atoms with Crippen LogP contribution in [0.25, 0.3) is 0 Å². The van der Waals surface area contributed by atoms with Crippen molar-refractivity contribution in [3.63, 3.8) is 0 Å². The number of nitrogens with one attached hydrogen (secondary N) is 1. The van der Waals surface area contributed by atoms with Gasteiger partial charge in [-0.25, -0.2) is 0 Å². The summed E-state index contributed by atoms with van der Waals surface area (Å²) < 4.78 is 0. The second-order valence-electron chi connectivity index (χ2n) is 5.34. The molecule has 1 aromatic carbocycles. The molecule has 2 nitrogen and oxygen atoms in total. The lowest BCUT2D eigenvalue weighted by Crippen LogP contribution is -2.31. The number of benzene rings is 1. The molecule has 1 saturated heterocycles. The average molecular weight is 267 g/mol. The predicted octanol–water partition coefficient (Wildman–Crippen LogP) is 3.16. The summed E-state index contributed by atoms with van der Waals surface area (Å²) in [4.78, 5) is 2.43. The zero-order chi connectivity index (χ0) is 12.8. The molecule has 1 aromatic rings. The number of likely N-dealkylation sites (tertiary alicyclic amines) is 1. The standard InChI is InChI=1S/C15H23ClN2/c1-18-10-7-13(8-11-18)6-9-17-12-14-2-4-15(16)5-3-14/h2-5,13,17H,6-12H2,1H3. The number of piperidine rings is 1. The third-order valence-electron chi connectivity index (χ3n) is 3.81. The topological polar surface area (TPSA) is 15.3 Å². The first kappa shape index (κ1) is 13.9. The van der Waals surface area contributed by atoms with E-state index in [-0.39, 0.29) is 0 Å². The van der Waals surface area contributed by atoms with Gasteiger partial charge in [0.05, 0.1) is 0 Å². The molecule has 18 heavy (non-hydrogen) atoms. The molecule has 100 valence electrons. The van der Waals surface area contributed by atoms with Crippen molar-refractivity contribution in [3.8, 4) is 0 Å². The van der Waals surface area contributed by atoms with Crippen LogP contribution in [0.5, 0.6) is 0 Å². The van der Waals surface area contributed by atoms with Gasteiger partial charge in [0, 0.05) is 11.6 Å². The average Bonchev–Trinajstić information content (AvgIpc) is 2.39. The number of halogens is 1. The Kier molecular flexibility index (Phi) is 5.48. The first-order valence-electron chi connectivity index (χ1n) is 6.88. The maximum Gasteiger partial charge on any atom is 0.0406 e. The fourth-order valence-electron chi connectivity index (χ4n) is 2.49. The molecule has 1 aliphatic heterocycles. The third-order valence-corrected chi connectivity index (χ3v) is 4.06. The van der Waals surface area contributed by atoms with E-state index >= 15 is 0 Å². The first-order chi connectivity index (χ1) is 8.74. The van der Waals surface area contributed by atoms with Gasteiger partial charge in [-0.2, -0.15) is 0 Å². The monoisotopic (exact) mass is 266 g/mol. The summed E-state index contributed by atoms with van der Waals surface area (Å²) in [6.45, 7) is 4.60. The molecule has 1 N–H and O–H groups in total. The van der Waals surface area contributed by atoms with Gasteiger partial charge in [0.1, 0.15) is 0 Å². The summed E-state index contributed by atoms with van der Waals surface area (Å²) in [7, 11) is 2.22. The molecule has 0 aliphatic carbocycles. The predicted molar refractivity (Wildman–Crippen MR) is 78.0 cm³/mol. The van der Waals surface area contributed by atoms with E-state index in [1.807, 2.05) is 12.1 Å². The molecule has 1 aliphatic rings. The van der Waals surface area contributed by atoms with Gasteiger partial charge in [-0.15, -0.1) is 0 Å². The van der Waals surface area contributed by atoms with Crippen molar-refractivity contribution in [1.29, 1.82) is 0 Å². The molecule has 0 spiro atoms. The Morgan fingerprint density at radius 2 is 1.89 bits per heavy atom. The van der Waals surface area contributed by atoms with Gasteiger partial charge < -0.3 is 10.2 Å². The molecule has 3 heteroatoms. The van der Waals surface area contributed by atoms with E-state index in [0.29, 0.717) is 0 Å². The molecule has 0 amide bonds. The van der Waals surface area contributed by atoms with Crippen LogP contribution in [0.3, 0.4) is 0 Å². The summed E-state index contributed by atoms with van der Waals surface area (Å²) in [5, 5.41) is 4.33. The Morgan fingerprint density at radius 1 is 1.22 bits per heavy atom. The van der Waals surface area contributed by atoms with Gasteiger partial charge in [-0.05, 0) is 69.6 Å². The highest BCUT2D eigenvalue weighted by Gasteiger charge is 2.15. The van der Waals surface area contributed by atoms with Crippen LogP contribution in [0.15, 0.2) is 24.3 Å². The highest BCUT2D eigenvalue weighted by Crippen LogP contribution is 2.18. The lowest BCUT2D eigenvalue weighted by atomic mass is 9.94. The maximum atomic E-state index is 5.86. The lowest BCUT2D eigenvalue weighted by Gasteiger charge is -2.28. The zero-order valence-corrected chi connectivity index (χ0v) is 11.9. The van der Waals surface area contributed by atoms with Crippen molar-refractivity contribution in [2.24, 2.45) is 5.92 Å². The van der Waals surface area contributed by atoms with E-state index < -0.39 is 0 Å². The Bertz CT molecular complexity index is 342. The summed E-state index contributed by atoms with van der Waals surface area (Å²) in [5.41, 5.74) is 1.31. The van der Waals surface area contributed by atoms with E-state index in [1.165, 1.54) is 37.9 Å². The molecule has 0 saturated carbocycles. The molecule has 1 fully saturated rings. The maximum absolute atomic E-state index is 5.86. The highest BCUT2D eigenvalue weighted by molar-refractivity contribution is 6.30. The zero-order valence-electron chi connectivity index (χ0n) is 11.2. The lowest BCUT2D eigenvalue weighted by molar-refractivity contribution is 0.211. The van der Waals surface area contributed by atoms with Gasteiger partial charge in [0.2, 0.25) is 0 Å². The van der Waals surface area contributed by atoms with E-state index in [1.54, 1.807) is 0 Å². The van der Waals surface area contributed by atoms with Gasteiger partial charge in [0.25, 0.3) is 0 Å². The summed E-state index contributed by atoms with van der Waals surface area (Å²) in [6, 6.07) is 8.08. The van der Waals surface area contributed by atoms with Gasteiger partial charge in [-0.3, -0.25) is 0 Å². The van der Waals surface area contributed by atoms with E-state index in [0.717, 1.165) is 24.0 Å². The van der Waals surface area contributed by atoms with Crippen LogP contribution < -0.4 is 5.32 Å². The molecule has 0 bridgehead atoms. The molecule has 0 radical (unpaired) electrons. The SMILES string of the molecule is CN1CCC(CCNCc2ccc(Cl)cc2)CC1. The largest absolute Gasteiger partial charge is 0.313 e. The van der Waals surface area contributed by atoms with E-state index in [2.05, 4.69) is 29.4 Å². The Labute approximate surface area is 115 Å². The Morgan fingerprint density at radius 3 is 2.56 bits per heavy atom. The number of hydrogen-bond acceptors (Lipinski definition) is 2. The normalized spacial score (nSPS) is 18.1. The molecule has 0 aromatic heterocycles. The van der Waals surface area contributed by atoms with Crippen molar-refractivity contribution >= 4 is 11.6 Å². The smallest absolute Gasteiger partial charge is 0.0406 e. The molecular formula is C15H23ClN2. The third kappa shape index (κ3) is 4.60. The van der Waals surface area contributed by atoms with Crippen molar-refractivity contribution in [1.82, 2.24) is 10.2 Å². The van der Waals surface area contributed by atoms with Crippen LogP contribution in [0.1, 0.15) is 24.8 Å². The van der Waals surface area contributed by atoms with Crippen LogP contribution in [0, 0.1) is 5.92 Å². The van der Waals surface area contributed by atoms with Crippen LogP contribution in [0.2, 0.25) is 5.02 Å². The molecule has 2 rings (SSSR count). The minimum atomic E-state index is 0.810. The van der Waals surface area contributed by atoms with Crippen molar-refractivity contribution in [3.05, 3.63) is 34.9 Å².